The molecule has 142 valence electrons. The highest BCUT2D eigenvalue weighted by molar-refractivity contribution is 7.90. The van der Waals surface area contributed by atoms with Crippen molar-refractivity contribution < 1.29 is 12.8 Å². The monoisotopic (exact) mass is 386 g/mol. The maximum Gasteiger partial charge on any atom is 0.184 e. The van der Waals surface area contributed by atoms with Gasteiger partial charge in [-0.15, -0.1) is 0 Å². The quantitative estimate of drug-likeness (QED) is 0.735. The molecule has 1 fully saturated rings. The summed E-state index contributed by atoms with van der Waals surface area (Å²) >= 11 is 0. The van der Waals surface area contributed by atoms with Gasteiger partial charge in [0.2, 0.25) is 0 Å². The Hall–Kier alpha value is -2.18. The highest BCUT2D eigenvalue weighted by atomic mass is 32.2. The van der Waals surface area contributed by atoms with E-state index in [1.165, 1.54) is 29.8 Å². The summed E-state index contributed by atoms with van der Waals surface area (Å²) in [5.41, 5.74) is 2.70. The molecule has 6 heteroatoms. The number of piperidine rings is 1. The number of benzene rings is 2. The summed E-state index contributed by atoms with van der Waals surface area (Å²) in [7, 11) is -1.40. The van der Waals surface area contributed by atoms with Gasteiger partial charge in [0.15, 0.2) is 9.84 Å². The van der Waals surface area contributed by atoms with Gasteiger partial charge in [-0.1, -0.05) is 30.3 Å². The van der Waals surface area contributed by atoms with E-state index in [0.29, 0.717) is 16.4 Å². The molecule has 0 spiro atoms. The molecule has 4 rings (SSSR count). The third-order valence-corrected chi connectivity index (χ3v) is 7.19. The summed E-state index contributed by atoms with van der Waals surface area (Å²) in [6, 6.07) is 11.5. The van der Waals surface area contributed by atoms with Crippen LogP contribution < -0.4 is 0 Å². The first kappa shape index (κ1) is 18.2. The van der Waals surface area contributed by atoms with E-state index in [9.17, 15) is 12.8 Å². The van der Waals surface area contributed by atoms with Gasteiger partial charge >= 0.3 is 0 Å². The number of H-pyrrole nitrogens is 1. The van der Waals surface area contributed by atoms with Gasteiger partial charge in [-0.25, -0.2) is 12.8 Å². The number of nitrogens with zero attached hydrogens (tertiary/aromatic N) is 1. The number of nitrogens with one attached hydrogen (secondary N) is 1. The number of aromatic amines is 1. The molecule has 27 heavy (non-hydrogen) atoms. The van der Waals surface area contributed by atoms with Gasteiger partial charge in [-0.05, 0) is 62.2 Å². The van der Waals surface area contributed by atoms with Gasteiger partial charge < -0.3 is 9.88 Å². The second kappa shape index (κ2) is 7.09. The lowest BCUT2D eigenvalue weighted by Gasteiger charge is -2.29. The minimum absolute atomic E-state index is 0.140. The number of hydrogen-bond donors (Lipinski definition) is 1. The van der Waals surface area contributed by atoms with Crippen molar-refractivity contribution in [2.45, 2.75) is 29.4 Å². The Balaban J connectivity index is 1.68. The van der Waals surface area contributed by atoms with E-state index in [-0.39, 0.29) is 11.6 Å². The van der Waals surface area contributed by atoms with E-state index in [2.05, 4.69) is 23.0 Å². The molecule has 0 atom stereocenters. The lowest BCUT2D eigenvalue weighted by molar-refractivity contribution is 0.256. The Labute approximate surface area is 158 Å². The van der Waals surface area contributed by atoms with Crippen LogP contribution in [0.15, 0.2) is 53.6 Å². The van der Waals surface area contributed by atoms with E-state index in [0.717, 1.165) is 36.8 Å². The zero-order valence-corrected chi connectivity index (χ0v) is 16.1. The van der Waals surface area contributed by atoms with Crippen LogP contribution in [0.4, 0.5) is 4.39 Å². The summed E-state index contributed by atoms with van der Waals surface area (Å²) in [5, 5.41) is 0.744. The molecular formula is C21H23FN2O2S. The van der Waals surface area contributed by atoms with Gasteiger partial charge in [0, 0.05) is 11.6 Å². The Morgan fingerprint density at radius 2 is 1.81 bits per heavy atom. The molecule has 0 bridgehead atoms. The number of fused-ring (bicyclic) bond motifs is 1. The van der Waals surface area contributed by atoms with Crippen LogP contribution in [0.3, 0.4) is 0 Å². The van der Waals surface area contributed by atoms with Crippen molar-refractivity contribution in [2.75, 3.05) is 20.1 Å². The van der Waals surface area contributed by atoms with E-state index >= 15 is 0 Å². The van der Waals surface area contributed by atoms with Crippen LogP contribution in [-0.4, -0.2) is 38.4 Å². The topological polar surface area (TPSA) is 53.2 Å². The number of halogens is 1. The van der Waals surface area contributed by atoms with Crippen LogP contribution in [0.1, 0.15) is 29.9 Å². The van der Waals surface area contributed by atoms with E-state index in [1.54, 1.807) is 6.20 Å². The van der Waals surface area contributed by atoms with Crippen molar-refractivity contribution in [3.63, 3.8) is 0 Å². The van der Waals surface area contributed by atoms with Gasteiger partial charge in [0.05, 0.1) is 16.2 Å². The van der Waals surface area contributed by atoms with Gasteiger partial charge in [-0.3, -0.25) is 0 Å². The second-order valence-corrected chi connectivity index (χ2v) is 9.34. The fraction of sp³-hybridized carbons (Fsp3) is 0.333. The number of aromatic nitrogens is 1. The minimum Gasteiger partial charge on any atom is -0.360 e. The number of rotatable bonds is 4. The standard InChI is InChI=1S/C21H23FN2O2S/c1-24-11-9-16(10-12-24)18-3-2-4-19-20(13-23-21(18)19)27(25,26)14-15-5-7-17(22)8-6-15/h2-8,13,16,23H,9-12,14H2,1H3. The molecule has 1 aliphatic heterocycles. The Kier molecular flexibility index (Phi) is 4.78. The number of para-hydroxylation sites is 1. The van der Waals surface area contributed by atoms with E-state index in [1.807, 2.05) is 12.1 Å². The highest BCUT2D eigenvalue weighted by Crippen LogP contribution is 2.35. The zero-order valence-electron chi connectivity index (χ0n) is 15.3. The molecule has 1 aliphatic rings. The van der Waals surface area contributed by atoms with Crippen LogP contribution in [0, 0.1) is 5.82 Å². The Morgan fingerprint density at radius 3 is 2.52 bits per heavy atom. The van der Waals surface area contributed by atoms with Crippen LogP contribution >= 0.6 is 0 Å². The number of likely N-dealkylation sites (tertiary alicyclic amines) is 1. The molecule has 2 aromatic carbocycles. The van der Waals surface area contributed by atoms with Gasteiger partial charge in [0.1, 0.15) is 5.82 Å². The average Bonchev–Trinajstić information content (AvgIpc) is 3.09. The van der Waals surface area contributed by atoms with Crippen molar-refractivity contribution in [3.05, 3.63) is 65.6 Å². The van der Waals surface area contributed by atoms with Crippen LogP contribution in [0.5, 0.6) is 0 Å². The maximum atomic E-state index is 13.1. The lowest BCUT2D eigenvalue weighted by Crippen LogP contribution is -2.29. The molecule has 2 heterocycles. The minimum atomic E-state index is -3.53. The van der Waals surface area contributed by atoms with Crippen molar-refractivity contribution in [1.29, 1.82) is 0 Å². The Morgan fingerprint density at radius 1 is 1.11 bits per heavy atom. The molecule has 0 saturated carbocycles. The lowest BCUT2D eigenvalue weighted by atomic mass is 9.88. The van der Waals surface area contributed by atoms with Crippen molar-refractivity contribution in [1.82, 2.24) is 9.88 Å². The number of hydrogen-bond acceptors (Lipinski definition) is 3. The smallest absolute Gasteiger partial charge is 0.184 e. The first-order chi connectivity index (χ1) is 12.9. The molecule has 4 nitrogen and oxygen atoms in total. The Bertz CT molecular complexity index is 1050. The SMILES string of the molecule is CN1CCC(c2cccc3c(S(=O)(=O)Cc4ccc(F)cc4)c[nH]c23)CC1. The largest absolute Gasteiger partial charge is 0.360 e. The van der Waals surface area contributed by atoms with Crippen LogP contribution in [0.25, 0.3) is 10.9 Å². The summed E-state index contributed by atoms with van der Waals surface area (Å²) in [5.74, 6) is -0.0687. The van der Waals surface area contributed by atoms with Crippen molar-refractivity contribution in [2.24, 2.45) is 0 Å². The number of sulfone groups is 1. The van der Waals surface area contributed by atoms with Crippen LogP contribution in [0.2, 0.25) is 0 Å². The average molecular weight is 386 g/mol. The van der Waals surface area contributed by atoms with Crippen molar-refractivity contribution in [3.8, 4) is 0 Å². The molecule has 3 aromatic rings. The molecular weight excluding hydrogens is 363 g/mol. The summed E-state index contributed by atoms with van der Waals surface area (Å²) < 4.78 is 39.0. The van der Waals surface area contributed by atoms with Crippen molar-refractivity contribution >= 4 is 20.7 Å². The molecule has 1 N–H and O–H groups in total. The zero-order chi connectivity index (χ0) is 19.0. The molecule has 0 unspecified atom stereocenters. The molecule has 0 amide bonds. The fourth-order valence-electron chi connectivity index (χ4n) is 3.95. The fourth-order valence-corrected chi connectivity index (χ4v) is 5.48. The van der Waals surface area contributed by atoms with Gasteiger partial charge in [-0.2, -0.15) is 0 Å². The highest BCUT2D eigenvalue weighted by Gasteiger charge is 2.24. The van der Waals surface area contributed by atoms with Gasteiger partial charge in [0.25, 0.3) is 0 Å². The first-order valence-electron chi connectivity index (χ1n) is 9.20. The molecule has 0 radical (unpaired) electrons. The molecule has 1 aromatic heterocycles. The molecule has 0 aliphatic carbocycles. The second-order valence-electron chi connectivity index (χ2n) is 7.39. The third-order valence-electron chi connectivity index (χ3n) is 5.47. The van der Waals surface area contributed by atoms with Crippen LogP contribution in [-0.2, 0) is 15.6 Å². The van der Waals surface area contributed by atoms with E-state index in [4.69, 9.17) is 0 Å². The maximum absolute atomic E-state index is 13.1. The predicted octanol–water partition coefficient (Wildman–Crippen LogP) is 4.09. The predicted molar refractivity (Wildman–Crippen MR) is 105 cm³/mol. The molecule has 1 saturated heterocycles. The summed E-state index contributed by atoms with van der Waals surface area (Å²) in [6.45, 7) is 2.11. The van der Waals surface area contributed by atoms with E-state index < -0.39 is 9.84 Å². The summed E-state index contributed by atoms with van der Waals surface area (Å²) in [4.78, 5) is 5.85. The third kappa shape index (κ3) is 3.64. The normalized spacial score (nSPS) is 16.8. The first-order valence-corrected chi connectivity index (χ1v) is 10.8. The summed E-state index contributed by atoms with van der Waals surface area (Å²) in [6.07, 6.45) is 3.75.